The van der Waals surface area contributed by atoms with Crippen LogP contribution in [0.2, 0.25) is 0 Å². The van der Waals surface area contributed by atoms with Crippen LogP contribution in [0.4, 0.5) is 0 Å². The summed E-state index contributed by atoms with van der Waals surface area (Å²) in [4.78, 5) is 26.4. The van der Waals surface area contributed by atoms with E-state index in [9.17, 15) is 14.7 Å². The van der Waals surface area contributed by atoms with E-state index >= 15 is 0 Å². The number of phenols is 1. The van der Waals surface area contributed by atoms with Gasteiger partial charge in [0.25, 0.3) is 5.91 Å². The Morgan fingerprint density at radius 1 is 1.26 bits per heavy atom. The quantitative estimate of drug-likeness (QED) is 0.695. The van der Waals surface area contributed by atoms with Crippen molar-refractivity contribution >= 4 is 27.7 Å². The van der Waals surface area contributed by atoms with Crippen molar-refractivity contribution in [3.05, 3.63) is 52.4 Å². The first-order valence-corrected chi connectivity index (χ1v) is 9.52. The van der Waals surface area contributed by atoms with Crippen LogP contribution in [0.3, 0.4) is 0 Å². The number of para-hydroxylation sites is 1. The second kappa shape index (κ2) is 9.05. The Hall–Kier alpha value is -2.32. The van der Waals surface area contributed by atoms with Gasteiger partial charge < -0.3 is 24.5 Å². The van der Waals surface area contributed by atoms with Gasteiger partial charge in [-0.05, 0) is 47.0 Å². The average molecular weight is 437 g/mol. The molecule has 3 rings (SSSR count). The zero-order valence-electron chi connectivity index (χ0n) is 14.7. The number of aromatic hydroxyl groups is 1. The number of hydrogen-bond donors (Lipinski definition) is 2. The van der Waals surface area contributed by atoms with E-state index in [2.05, 4.69) is 21.2 Å². The highest BCUT2D eigenvalue weighted by Crippen LogP contribution is 2.20. The fourth-order valence-corrected chi connectivity index (χ4v) is 3.24. The highest BCUT2D eigenvalue weighted by atomic mass is 79.9. The van der Waals surface area contributed by atoms with Crippen LogP contribution in [0.5, 0.6) is 5.75 Å². The molecule has 0 aliphatic carbocycles. The van der Waals surface area contributed by atoms with Crippen LogP contribution in [-0.2, 0) is 16.1 Å². The van der Waals surface area contributed by atoms with Gasteiger partial charge in [0.2, 0.25) is 5.91 Å². The topological polar surface area (TPSA) is 92.0 Å². The number of carbonyl (C=O) groups is 2. The van der Waals surface area contributed by atoms with Gasteiger partial charge in [0.05, 0.1) is 12.6 Å². The lowest BCUT2D eigenvalue weighted by Gasteiger charge is -2.26. The zero-order valence-corrected chi connectivity index (χ0v) is 16.3. The maximum atomic E-state index is 12.7. The molecule has 1 aliphatic rings. The Labute approximate surface area is 165 Å². The molecular weight excluding hydrogens is 416 g/mol. The first-order chi connectivity index (χ1) is 13.0. The van der Waals surface area contributed by atoms with Crippen molar-refractivity contribution in [1.29, 1.82) is 0 Å². The molecule has 1 atom stereocenters. The number of nitrogens with zero attached hydrogens (tertiary/aromatic N) is 1. The minimum absolute atomic E-state index is 0.0310. The van der Waals surface area contributed by atoms with E-state index in [1.165, 1.54) is 6.07 Å². The Morgan fingerprint density at radius 3 is 2.74 bits per heavy atom. The molecule has 8 heteroatoms. The summed E-state index contributed by atoms with van der Waals surface area (Å²) in [6, 6.07) is 10.0. The van der Waals surface area contributed by atoms with Gasteiger partial charge in [-0.1, -0.05) is 18.2 Å². The smallest absolute Gasteiger partial charge is 0.287 e. The number of ether oxygens (including phenoxy) is 1. The first kappa shape index (κ1) is 19.4. The summed E-state index contributed by atoms with van der Waals surface area (Å²) < 4.78 is 11.3. The van der Waals surface area contributed by atoms with Gasteiger partial charge in [-0.2, -0.15) is 0 Å². The summed E-state index contributed by atoms with van der Waals surface area (Å²) in [7, 11) is 0. The third kappa shape index (κ3) is 5.33. The Morgan fingerprint density at radius 2 is 2.07 bits per heavy atom. The summed E-state index contributed by atoms with van der Waals surface area (Å²) in [5, 5.41) is 12.6. The van der Waals surface area contributed by atoms with Crippen LogP contribution in [0, 0.1) is 0 Å². The molecule has 0 spiro atoms. The van der Waals surface area contributed by atoms with E-state index in [0.717, 1.165) is 12.8 Å². The lowest BCUT2D eigenvalue weighted by Crippen LogP contribution is -2.43. The maximum absolute atomic E-state index is 12.7. The largest absolute Gasteiger partial charge is 0.508 e. The molecule has 2 amide bonds. The molecule has 2 N–H and O–H groups in total. The number of amides is 2. The lowest BCUT2D eigenvalue weighted by molar-refractivity contribution is -0.132. The lowest BCUT2D eigenvalue weighted by atomic mass is 10.1. The van der Waals surface area contributed by atoms with Gasteiger partial charge in [-0.3, -0.25) is 9.59 Å². The van der Waals surface area contributed by atoms with Gasteiger partial charge in [0.1, 0.15) is 5.75 Å². The predicted molar refractivity (Wildman–Crippen MR) is 101 cm³/mol. The second-order valence-electron chi connectivity index (χ2n) is 6.32. The molecule has 0 saturated carbocycles. The molecule has 1 aromatic carbocycles. The van der Waals surface area contributed by atoms with E-state index in [1.54, 1.807) is 35.2 Å². The van der Waals surface area contributed by atoms with E-state index < -0.39 is 5.91 Å². The molecule has 27 heavy (non-hydrogen) atoms. The number of carbonyl (C=O) groups excluding carboxylic acids is 2. The van der Waals surface area contributed by atoms with Crippen LogP contribution >= 0.6 is 15.9 Å². The second-order valence-corrected chi connectivity index (χ2v) is 7.11. The Kier molecular flexibility index (Phi) is 6.52. The first-order valence-electron chi connectivity index (χ1n) is 8.72. The molecule has 0 radical (unpaired) electrons. The molecule has 1 saturated heterocycles. The third-order valence-corrected chi connectivity index (χ3v) is 4.78. The average Bonchev–Trinajstić information content (AvgIpc) is 3.32. The van der Waals surface area contributed by atoms with Gasteiger partial charge in [-0.25, -0.2) is 0 Å². The van der Waals surface area contributed by atoms with Crippen LogP contribution in [-0.4, -0.2) is 47.6 Å². The Bertz CT molecular complexity index is 801. The van der Waals surface area contributed by atoms with Gasteiger partial charge in [0.15, 0.2) is 10.4 Å². The highest BCUT2D eigenvalue weighted by molar-refractivity contribution is 9.10. The molecule has 1 fully saturated rings. The maximum Gasteiger partial charge on any atom is 0.287 e. The fourth-order valence-electron chi connectivity index (χ4n) is 2.93. The van der Waals surface area contributed by atoms with E-state index in [0.29, 0.717) is 23.4 Å². The van der Waals surface area contributed by atoms with Gasteiger partial charge >= 0.3 is 0 Å². The van der Waals surface area contributed by atoms with Crippen molar-refractivity contribution < 1.29 is 23.8 Å². The van der Waals surface area contributed by atoms with Crippen molar-refractivity contribution in [2.24, 2.45) is 0 Å². The van der Waals surface area contributed by atoms with Crippen LogP contribution < -0.4 is 5.32 Å². The number of benzene rings is 1. The van der Waals surface area contributed by atoms with Crippen LogP contribution in [0.25, 0.3) is 0 Å². The van der Waals surface area contributed by atoms with Crippen LogP contribution in [0.1, 0.15) is 29.0 Å². The molecule has 144 valence electrons. The van der Waals surface area contributed by atoms with Gasteiger partial charge in [-0.15, -0.1) is 0 Å². The normalized spacial score (nSPS) is 16.3. The molecule has 2 aromatic rings. The van der Waals surface area contributed by atoms with Crippen molar-refractivity contribution in [3.8, 4) is 5.75 Å². The zero-order chi connectivity index (χ0) is 19.2. The van der Waals surface area contributed by atoms with Gasteiger partial charge in [0, 0.05) is 25.3 Å². The van der Waals surface area contributed by atoms with E-state index in [-0.39, 0.29) is 36.6 Å². The summed E-state index contributed by atoms with van der Waals surface area (Å²) in [5.74, 6) is -0.463. The predicted octanol–water partition coefficient (Wildman–Crippen LogP) is 2.69. The van der Waals surface area contributed by atoms with Crippen LogP contribution in [0.15, 0.2) is 45.5 Å². The molecular formula is C19H21BrN2O5. The number of phenolic OH excluding ortho intramolecular Hbond substituents is 1. The number of nitrogens with one attached hydrogen (secondary N) is 1. The molecule has 2 heterocycles. The minimum Gasteiger partial charge on any atom is -0.508 e. The molecule has 1 aromatic heterocycles. The fraction of sp³-hybridized carbons (Fsp3) is 0.368. The SMILES string of the molecule is O=C(NCC(=O)N(Cc1ccccc1O)CC1CCCO1)c1ccc(Br)o1. The minimum atomic E-state index is -0.464. The van der Waals surface area contributed by atoms with Crippen molar-refractivity contribution in [1.82, 2.24) is 10.2 Å². The molecule has 7 nitrogen and oxygen atoms in total. The van der Waals surface area contributed by atoms with Crippen molar-refractivity contribution in [2.75, 3.05) is 19.7 Å². The van der Waals surface area contributed by atoms with Crippen molar-refractivity contribution in [2.45, 2.75) is 25.5 Å². The monoisotopic (exact) mass is 436 g/mol. The molecule has 1 unspecified atom stereocenters. The van der Waals surface area contributed by atoms with Crippen molar-refractivity contribution in [3.63, 3.8) is 0 Å². The third-order valence-electron chi connectivity index (χ3n) is 4.35. The highest BCUT2D eigenvalue weighted by Gasteiger charge is 2.24. The summed E-state index contributed by atoms with van der Waals surface area (Å²) in [6.07, 6.45) is 1.82. The number of hydrogen-bond acceptors (Lipinski definition) is 5. The summed E-state index contributed by atoms with van der Waals surface area (Å²) in [5.41, 5.74) is 0.644. The summed E-state index contributed by atoms with van der Waals surface area (Å²) >= 11 is 3.14. The Balaban J connectivity index is 1.64. The number of furan rings is 1. The van der Waals surface area contributed by atoms with E-state index in [4.69, 9.17) is 9.15 Å². The molecule has 1 aliphatic heterocycles. The van der Waals surface area contributed by atoms with E-state index in [1.807, 2.05) is 0 Å². The summed E-state index contributed by atoms with van der Waals surface area (Å²) in [6.45, 7) is 1.17. The number of halogens is 1. The number of rotatable bonds is 7. The molecule has 0 bridgehead atoms. The standard InChI is InChI=1S/C19H21BrN2O5/c20-17-8-7-16(27-17)19(25)21-10-18(24)22(12-14-5-3-9-26-14)11-13-4-1-2-6-15(13)23/h1-2,4,6-8,14,23H,3,5,9-12H2,(H,21,25).